The first kappa shape index (κ1) is 16.0. The third-order valence-corrected chi connectivity index (χ3v) is 3.83. The van der Waals surface area contributed by atoms with E-state index in [1.165, 1.54) is 6.26 Å². The molecule has 3 heterocycles. The molecule has 0 amide bonds. The lowest BCUT2D eigenvalue weighted by Crippen LogP contribution is -2.37. The summed E-state index contributed by atoms with van der Waals surface area (Å²) in [5.74, 6) is -0.595. The number of furan rings is 1. The van der Waals surface area contributed by atoms with Crippen LogP contribution < -0.4 is 0 Å². The van der Waals surface area contributed by atoms with E-state index in [9.17, 15) is 9.90 Å². The molecule has 1 aliphatic rings. The maximum Gasteiger partial charge on any atom is 0.357 e. The number of hydrogen-bond acceptors (Lipinski definition) is 7. The van der Waals surface area contributed by atoms with Gasteiger partial charge in [0.15, 0.2) is 12.4 Å². The maximum absolute atomic E-state index is 11.8. The van der Waals surface area contributed by atoms with Crippen LogP contribution in [-0.2, 0) is 14.2 Å². The highest BCUT2D eigenvalue weighted by atomic mass is 16.8. The number of aromatic amines is 1. The van der Waals surface area contributed by atoms with E-state index in [4.69, 9.17) is 18.6 Å². The number of carbonyl (C=O) groups excluding carboxylic acids is 1. The molecule has 0 aromatic carbocycles. The number of H-pyrrole nitrogens is 1. The Kier molecular flexibility index (Phi) is 4.97. The van der Waals surface area contributed by atoms with Gasteiger partial charge in [-0.2, -0.15) is 0 Å². The topological polar surface area (TPSA) is 97.2 Å². The lowest BCUT2D eigenvalue weighted by molar-refractivity contribution is -0.303. The number of fused-ring (bicyclic) bond motifs is 1. The summed E-state index contributed by atoms with van der Waals surface area (Å²) in [5.41, 5.74) is 1.54. The van der Waals surface area contributed by atoms with Gasteiger partial charge in [-0.05, 0) is 19.9 Å². The number of hydrogen-bond donors (Lipinski definition) is 2. The number of likely N-dealkylation sites (tertiary alicyclic amines) is 1. The monoisotopic (exact) mass is 324 g/mol. The predicted molar refractivity (Wildman–Crippen MR) is 79.5 cm³/mol. The quantitative estimate of drug-likeness (QED) is 0.610. The zero-order valence-electron chi connectivity index (χ0n) is 12.9. The van der Waals surface area contributed by atoms with Crippen molar-refractivity contribution < 1.29 is 28.5 Å². The molecule has 23 heavy (non-hydrogen) atoms. The first-order valence-corrected chi connectivity index (χ1v) is 7.49. The summed E-state index contributed by atoms with van der Waals surface area (Å²) in [6.45, 7) is 0.0319. The third kappa shape index (κ3) is 4.11. The highest BCUT2D eigenvalue weighted by molar-refractivity contribution is 5.93. The Morgan fingerprint density at radius 2 is 2.30 bits per heavy atom. The fraction of sp³-hybridized carbons (Fsp3) is 0.533. The molecule has 1 aliphatic heterocycles. The van der Waals surface area contributed by atoms with Crippen molar-refractivity contribution in [2.24, 2.45) is 0 Å². The van der Waals surface area contributed by atoms with Crippen LogP contribution in [-0.4, -0.2) is 60.5 Å². The number of aliphatic hydroxyl groups excluding tert-OH is 1. The molecule has 0 spiro atoms. The van der Waals surface area contributed by atoms with Gasteiger partial charge in [0, 0.05) is 25.2 Å². The first-order chi connectivity index (χ1) is 11.1. The molecule has 2 N–H and O–H groups in total. The number of nitrogens with zero attached hydrogens (tertiary/aromatic N) is 1. The molecule has 1 atom stereocenters. The van der Waals surface area contributed by atoms with Gasteiger partial charge >= 0.3 is 5.97 Å². The van der Waals surface area contributed by atoms with E-state index < -0.39 is 19.2 Å². The van der Waals surface area contributed by atoms with Gasteiger partial charge in [0.2, 0.25) is 0 Å². The number of piperidine rings is 1. The van der Waals surface area contributed by atoms with Gasteiger partial charge in [0.05, 0.1) is 17.9 Å². The molecule has 126 valence electrons. The second-order valence-corrected chi connectivity index (χ2v) is 5.54. The number of esters is 1. The molecule has 8 heteroatoms. The summed E-state index contributed by atoms with van der Waals surface area (Å²) >= 11 is 0. The largest absolute Gasteiger partial charge is 0.463 e. The van der Waals surface area contributed by atoms with Crippen molar-refractivity contribution in [3.63, 3.8) is 0 Å². The molecule has 0 radical (unpaired) electrons. The number of aromatic nitrogens is 1. The fourth-order valence-electron chi connectivity index (χ4n) is 2.51. The number of nitrogens with one attached hydrogen (secondary N) is 1. The van der Waals surface area contributed by atoms with Crippen LogP contribution in [0, 0.1) is 0 Å². The minimum atomic E-state index is -1.41. The second kappa shape index (κ2) is 7.14. The molecule has 2 aromatic rings. The van der Waals surface area contributed by atoms with Crippen LogP contribution in [0.15, 0.2) is 22.8 Å². The standard InChI is InChI=1S/C15H20N2O6/c1-17-5-2-10(3-6-17)23-15(19)22-9-21-14(18)12-8-13-11(16-12)4-7-20-13/h4,7-8,10,15-16,19H,2-3,5-6,9H2,1H3. The number of rotatable bonds is 6. The van der Waals surface area contributed by atoms with Gasteiger partial charge in [0.1, 0.15) is 5.69 Å². The van der Waals surface area contributed by atoms with Crippen molar-refractivity contribution >= 4 is 17.1 Å². The lowest BCUT2D eigenvalue weighted by atomic mass is 10.1. The van der Waals surface area contributed by atoms with E-state index in [1.54, 1.807) is 12.1 Å². The van der Waals surface area contributed by atoms with Crippen LogP contribution >= 0.6 is 0 Å². The summed E-state index contributed by atoms with van der Waals surface area (Å²) < 4.78 is 20.4. The van der Waals surface area contributed by atoms with Crippen molar-refractivity contribution in [2.45, 2.75) is 25.4 Å². The zero-order chi connectivity index (χ0) is 16.2. The number of ether oxygens (including phenoxy) is 3. The number of carbonyl (C=O) groups is 1. The minimum Gasteiger partial charge on any atom is -0.463 e. The molecule has 8 nitrogen and oxygen atoms in total. The van der Waals surface area contributed by atoms with Crippen molar-refractivity contribution in [3.8, 4) is 0 Å². The van der Waals surface area contributed by atoms with Gasteiger partial charge in [-0.3, -0.25) is 4.74 Å². The number of aliphatic hydroxyl groups is 1. The Morgan fingerprint density at radius 1 is 1.52 bits per heavy atom. The highest BCUT2D eigenvalue weighted by Gasteiger charge is 2.21. The second-order valence-electron chi connectivity index (χ2n) is 5.54. The van der Waals surface area contributed by atoms with Crippen molar-refractivity contribution in [1.82, 2.24) is 9.88 Å². The molecular weight excluding hydrogens is 304 g/mol. The van der Waals surface area contributed by atoms with Crippen molar-refractivity contribution in [2.75, 3.05) is 26.9 Å². The maximum atomic E-state index is 11.8. The Labute approximate surface area is 132 Å². The molecule has 1 unspecified atom stereocenters. The average Bonchev–Trinajstić information content (AvgIpc) is 3.11. The molecule has 0 aliphatic carbocycles. The Hall–Kier alpha value is -1.87. The van der Waals surface area contributed by atoms with Crippen LogP contribution in [0.25, 0.3) is 11.1 Å². The van der Waals surface area contributed by atoms with Crippen LogP contribution in [0.4, 0.5) is 0 Å². The van der Waals surface area contributed by atoms with Crippen molar-refractivity contribution in [1.29, 1.82) is 0 Å². The summed E-state index contributed by atoms with van der Waals surface area (Å²) in [4.78, 5) is 16.9. The van der Waals surface area contributed by atoms with Crippen LogP contribution in [0.2, 0.25) is 0 Å². The average molecular weight is 324 g/mol. The Morgan fingerprint density at radius 3 is 3.04 bits per heavy atom. The summed E-state index contributed by atoms with van der Waals surface area (Å²) in [5, 5.41) is 9.66. The zero-order valence-corrected chi connectivity index (χ0v) is 12.9. The van der Waals surface area contributed by atoms with Gasteiger partial charge in [-0.1, -0.05) is 0 Å². The lowest BCUT2D eigenvalue weighted by Gasteiger charge is -2.30. The van der Waals surface area contributed by atoms with Crippen molar-refractivity contribution in [3.05, 3.63) is 24.1 Å². The minimum absolute atomic E-state index is 0.0489. The Balaban J connectivity index is 1.38. The van der Waals surface area contributed by atoms with Crippen LogP contribution in [0.3, 0.4) is 0 Å². The normalized spacial score (nSPS) is 18.3. The molecule has 1 saturated heterocycles. The molecule has 1 fully saturated rings. The smallest absolute Gasteiger partial charge is 0.357 e. The van der Waals surface area contributed by atoms with E-state index in [-0.39, 0.29) is 11.8 Å². The SMILES string of the molecule is CN1CCC(OC(O)OCOC(=O)c2cc3occc3[nH]2)CC1. The molecule has 0 bridgehead atoms. The molecule has 2 aromatic heterocycles. The van der Waals surface area contributed by atoms with Gasteiger partial charge in [-0.25, -0.2) is 4.79 Å². The Bertz CT molecular complexity index is 615. The third-order valence-electron chi connectivity index (χ3n) is 3.83. The first-order valence-electron chi connectivity index (χ1n) is 7.49. The van der Waals surface area contributed by atoms with Crippen LogP contribution in [0.5, 0.6) is 0 Å². The summed E-state index contributed by atoms with van der Waals surface area (Å²) in [6.07, 6.45) is 3.14. The van der Waals surface area contributed by atoms with E-state index in [1.807, 2.05) is 7.05 Å². The molecule has 3 rings (SSSR count). The molecule has 0 saturated carbocycles. The molecular formula is C15H20N2O6. The van der Waals surface area contributed by atoms with E-state index in [0.29, 0.717) is 11.1 Å². The van der Waals surface area contributed by atoms with E-state index in [2.05, 4.69) is 9.88 Å². The van der Waals surface area contributed by atoms with E-state index in [0.717, 1.165) is 25.9 Å². The van der Waals surface area contributed by atoms with Gasteiger partial charge in [0.25, 0.3) is 6.48 Å². The predicted octanol–water partition coefficient (Wildman–Crippen LogP) is 1.28. The summed E-state index contributed by atoms with van der Waals surface area (Å²) in [7, 11) is 2.04. The van der Waals surface area contributed by atoms with Gasteiger partial charge in [-0.15, -0.1) is 0 Å². The van der Waals surface area contributed by atoms with Gasteiger partial charge < -0.3 is 28.9 Å². The fourth-order valence-corrected chi connectivity index (χ4v) is 2.51. The summed E-state index contributed by atoms with van der Waals surface area (Å²) in [6, 6.07) is 3.25. The highest BCUT2D eigenvalue weighted by Crippen LogP contribution is 2.17. The van der Waals surface area contributed by atoms with Crippen LogP contribution in [0.1, 0.15) is 23.3 Å². The van der Waals surface area contributed by atoms with E-state index >= 15 is 0 Å².